The summed E-state index contributed by atoms with van der Waals surface area (Å²) in [4.78, 5) is 23.7. The van der Waals surface area contributed by atoms with Gasteiger partial charge >= 0.3 is 12.4 Å². The van der Waals surface area contributed by atoms with Crippen molar-refractivity contribution in [3.8, 4) is 6.07 Å². The number of carbonyl (C=O) groups excluding carboxylic acids is 2. The summed E-state index contributed by atoms with van der Waals surface area (Å²) in [5.74, 6) is -2.59. The van der Waals surface area contributed by atoms with Crippen LogP contribution < -0.4 is 16.0 Å². The molecule has 3 rings (SSSR count). The second-order valence-electron chi connectivity index (χ2n) is 7.74. The van der Waals surface area contributed by atoms with Gasteiger partial charge in [-0.1, -0.05) is 6.07 Å². The summed E-state index contributed by atoms with van der Waals surface area (Å²) < 4.78 is 81.0. The summed E-state index contributed by atoms with van der Waals surface area (Å²) in [6.07, 6.45) is -10.2. The average Bonchev–Trinajstić information content (AvgIpc) is 3.20. The molecular weight excluding hydrogens is 466 g/mol. The Bertz CT molecular complexity index is 1120. The van der Waals surface area contributed by atoms with Crippen LogP contribution in [0.5, 0.6) is 0 Å². The van der Waals surface area contributed by atoms with Crippen molar-refractivity contribution in [1.29, 1.82) is 5.26 Å². The molecule has 6 nitrogen and oxygen atoms in total. The Hall–Kier alpha value is -3.59. The third-order valence-electron chi connectivity index (χ3n) is 5.31. The normalized spacial score (nSPS) is 20.5. The zero-order valence-corrected chi connectivity index (χ0v) is 17.5. The maximum atomic E-state index is 13.7. The highest BCUT2D eigenvalue weighted by molar-refractivity contribution is 5.95. The molecule has 0 saturated carbocycles. The van der Waals surface area contributed by atoms with E-state index < -0.39 is 53.8 Å². The molecule has 2 aromatic rings. The molecule has 3 N–H and O–H groups in total. The SMILES string of the molecule is CC(=O)Nc1ccc(NC(=O)C2CC(c3ccc(C#N)c(C(F)(F)F)c3)C(C(F)(F)F)N2)cc1. The lowest BCUT2D eigenvalue weighted by molar-refractivity contribution is -0.156. The van der Waals surface area contributed by atoms with Gasteiger partial charge in [-0.05, 0) is 48.4 Å². The van der Waals surface area contributed by atoms with E-state index in [9.17, 15) is 35.9 Å². The molecule has 0 aromatic heterocycles. The van der Waals surface area contributed by atoms with E-state index in [4.69, 9.17) is 5.26 Å². The second-order valence-corrected chi connectivity index (χ2v) is 7.74. The molecule has 1 saturated heterocycles. The Morgan fingerprint density at radius 1 is 1.00 bits per heavy atom. The summed E-state index contributed by atoms with van der Waals surface area (Å²) in [6.45, 7) is 1.31. The highest BCUT2D eigenvalue weighted by Gasteiger charge is 2.52. The lowest BCUT2D eigenvalue weighted by atomic mass is 9.88. The van der Waals surface area contributed by atoms with Crippen LogP contribution in [0.1, 0.15) is 36.0 Å². The average molecular weight is 484 g/mol. The molecule has 1 fully saturated rings. The van der Waals surface area contributed by atoms with Gasteiger partial charge in [0.1, 0.15) is 6.04 Å². The van der Waals surface area contributed by atoms with Gasteiger partial charge in [-0.15, -0.1) is 0 Å². The minimum atomic E-state index is -4.93. The van der Waals surface area contributed by atoms with Crippen LogP contribution in [0.3, 0.4) is 0 Å². The molecule has 34 heavy (non-hydrogen) atoms. The number of nitriles is 1. The minimum Gasteiger partial charge on any atom is -0.326 e. The van der Waals surface area contributed by atoms with Gasteiger partial charge in [0.25, 0.3) is 0 Å². The molecule has 12 heteroatoms. The number of anilines is 2. The van der Waals surface area contributed by atoms with Crippen LogP contribution in [0.4, 0.5) is 37.7 Å². The van der Waals surface area contributed by atoms with Gasteiger partial charge in [0.05, 0.1) is 23.2 Å². The van der Waals surface area contributed by atoms with Crippen molar-refractivity contribution in [2.45, 2.75) is 43.7 Å². The number of nitrogens with one attached hydrogen (secondary N) is 3. The Balaban J connectivity index is 1.83. The number of hydrogen-bond donors (Lipinski definition) is 3. The van der Waals surface area contributed by atoms with Crippen LogP contribution in [0.2, 0.25) is 0 Å². The van der Waals surface area contributed by atoms with E-state index in [2.05, 4.69) is 16.0 Å². The molecule has 2 aromatic carbocycles. The van der Waals surface area contributed by atoms with Gasteiger partial charge in [0, 0.05) is 24.2 Å². The summed E-state index contributed by atoms with van der Waals surface area (Å²) >= 11 is 0. The van der Waals surface area contributed by atoms with Crippen molar-refractivity contribution in [3.05, 3.63) is 59.2 Å². The number of nitrogens with zero attached hydrogens (tertiary/aromatic N) is 1. The second kappa shape index (κ2) is 9.34. The zero-order valence-electron chi connectivity index (χ0n) is 17.5. The van der Waals surface area contributed by atoms with E-state index in [1.807, 2.05) is 0 Å². The first-order valence-electron chi connectivity index (χ1n) is 9.92. The van der Waals surface area contributed by atoms with E-state index in [1.54, 1.807) is 0 Å². The van der Waals surface area contributed by atoms with E-state index in [1.165, 1.54) is 37.3 Å². The number of hydrogen-bond acceptors (Lipinski definition) is 4. The molecule has 0 aliphatic carbocycles. The third-order valence-corrected chi connectivity index (χ3v) is 5.31. The third kappa shape index (κ3) is 5.66. The maximum Gasteiger partial charge on any atom is 0.417 e. The van der Waals surface area contributed by atoms with Crippen molar-refractivity contribution in [3.63, 3.8) is 0 Å². The Morgan fingerprint density at radius 2 is 1.59 bits per heavy atom. The molecule has 0 spiro atoms. The van der Waals surface area contributed by atoms with E-state index >= 15 is 0 Å². The molecule has 0 bridgehead atoms. The summed E-state index contributed by atoms with van der Waals surface area (Å²) in [7, 11) is 0. The largest absolute Gasteiger partial charge is 0.417 e. The minimum absolute atomic E-state index is 0.255. The topological polar surface area (TPSA) is 94.0 Å². The highest BCUT2D eigenvalue weighted by atomic mass is 19.4. The van der Waals surface area contributed by atoms with E-state index in [0.29, 0.717) is 11.8 Å². The van der Waals surface area contributed by atoms with Gasteiger partial charge in [0.2, 0.25) is 11.8 Å². The summed E-state index contributed by atoms with van der Waals surface area (Å²) in [6, 6.07) is 6.03. The smallest absolute Gasteiger partial charge is 0.326 e. The van der Waals surface area contributed by atoms with Gasteiger partial charge in [-0.3, -0.25) is 14.9 Å². The monoisotopic (exact) mass is 484 g/mol. The fourth-order valence-corrected chi connectivity index (χ4v) is 3.82. The first-order valence-corrected chi connectivity index (χ1v) is 9.92. The fourth-order valence-electron chi connectivity index (χ4n) is 3.82. The van der Waals surface area contributed by atoms with Crippen LogP contribution in [0, 0.1) is 11.3 Å². The Labute approximate surface area is 189 Å². The summed E-state index contributed by atoms with van der Waals surface area (Å²) in [5.41, 5.74) is -1.62. The Morgan fingerprint density at radius 3 is 2.09 bits per heavy atom. The van der Waals surface area contributed by atoms with Gasteiger partial charge in [-0.2, -0.15) is 31.6 Å². The molecule has 1 aliphatic heterocycles. The van der Waals surface area contributed by atoms with Crippen molar-refractivity contribution in [2.24, 2.45) is 0 Å². The summed E-state index contributed by atoms with van der Waals surface area (Å²) in [5, 5.41) is 16.1. The van der Waals surface area contributed by atoms with Crippen LogP contribution in [-0.4, -0.2) is 30.1 Å². The van der Waals surface area contributed by atoms with Gasteiger partial charge in [0.15, 0.2) is 0 Å². The van der Waals surface area contributed by atoms with Crippen LogP contribution in [0.25, 0.3) is 0 Å². The van der Waals surface area contributed by atoms with Gasteiger partial charge in [-0.25, -0.2) is 0 Å². The standard InChI is InChI=1S/C22H18F6N4O2/c1-11(33)30-14-4-6-15(7-5-14)31-20(34)18-9-16(19(32-18)22(26,27)28)12-2-3-13(10-29)17(8-12)21(23,24)25/h2-8,16,18-19,32H,9H2,1H3,(H,30,33)(H,31,34). The number of halogens is 6. The van der Waals surface area contributed by atoms with Crippen molar-refractivity contribution < 1.29 is 35.9 Å². The first kappa shape index (κ1) is 25.0. The lowest BCUT2D eigenvalue weighted by Crippen LogP contribution is -2.46. The number of alkyl halides is 6. The van der Waals surface area contributed by atoms with Crippen molar-refractivity contribution in [1.82, 2.24) is 5.32 Å². The lowest BCUT2D eigenvalue weighted by Gasteiger charge is -2.23. The first-order chi connectivity index (χ1) is 15.8. The van der Waals surface area contributed by atoms with E-state index in [-0.39, 0.29) is 17.2 Å². The van der Waals surface area contributed by atoms with E-state index in [0.717, 1.165) is 12.1 Å². The van der Waals surface area contributed by atoms with Crippen molar-refractivity contribution in [2.75, 3.05) is 10.6 Å². The predicted molar refractivity (Wildman–Crippen MR) is 110 cm³/mol. The molecule has 2 amide bonds. The van der Waals surface area contributed by atoms with Crippen LogP contribution in [0.15, 0.2) is 42.5 Å². The molecular formula is C22H18F6N4O2. The number of rotatable bonds is 4. The van der Waals surface area contributed by atoms with Gasteiger partial charge < -0.3 is 10.6 Å². The molecule has 3 unspecified atom stereocenters. The Kier molecular flexibility index (Phi) is 6.88. The molecule has 1 heterocycles. The van der Waals surface area contributed by atoms with Crippen LogP contribution in [-0.2, 0) is 15.8 Å². The number of carbonyl (C=O) groups is 2. The number of benzene rings is 2. The molecule has 3 atom stereocenters. The maximum absolute atomic E-state index is 13.7. The zero-order chi connectivity index (χ0) is 25.3. The highest BCUT2D eigenvalue weighted by Crippen LogP contribution is 2.42. The van der Waals surface area contributed by atoms with Crippen molar-refractivity contribution >= 4 is 23.2 Å². The number of amides is 2. The fraction of sp³-hybridized carbons (Fsp3) is 0.318. The quantitative estimate of drug-likeness (QED) is 0.555. The van der Waals surface area contributed by atoms with Crippen LogP contribution >= 0.6 is 0 Å². The predicted octanol–water partition coefficient (Wildman–Crippen LogP) is 4.55. The molecule has 1 aliphatic rings. The molecule has 180 valence electrons. The molecule has 0 radical (unpaired) electrons.